The average molecular weight is 450 g/mol. The zero-order valence-electron chi connectivity index (χ0n) is 18.2. The zero-order chi connectivity index (χ0) is 23.2. The van der Waals surface area contributed by atoms with Gasteiger partial charge in [0, 0.05) is 24.5 Å². The first-order valence-corrected chi connectivity index (χ1v) is 10.3. The molecule has 8 nitrogen and oxygen atoms in total. The van der Waals surface area contributed by atoms with Gasteiger partial charge in [0.1, 0.15) is 11.6 Å². The van der Waals surface area contributed by atoms with Crippen LogP contribution in [0.15, 0.2) is 65.3 Å². The smallest absolute Gasteiger partial charge is 0.226 e. The Labute approximate surface area is 190 Å². The molecule has 4 rings (SSSR count). The highest BCUT2D eigenvalue weighted by atomic mass is 19.1. The van der Waals surface area contributed by atoms with Gasteiger partial charge in [0.15, 0.2) is 23.1 Å². The molecule has 1 amide bonds. The number of aryl methyl sites for hydroxylation is 1. The second-order valence-corrected chi connectivity index (χ2v) is 7.17. The number of methoxy groups -OCH3 is 2. The molecule has 0 fully saturated rings. The van der Waals surface area contributed by atoms with Crippen LogP contribution in [0, 0.1) is 5.82 Å². The minimum Gasteiger partial charge on any atom is -0.493 e. The number of rotatable bonds is 9. The number of aromatic nitrogens is 3. The number of oxazole rings is 1. The second kappa shape index (κ2) is 9.99. The van der Waals surface area contributed by atoms with Crippen molar-refractivity contribution in [3.63, 3.8) is 0 Å². The van der Waals surface area contributed by atoms with E-state index in [9.17, 15) is 9.18 Å². The molecule has 33 heavy (non-hydrogen) atoms. The summed E-state index contributed by atoms with van der Waals surface area (Å²) in [4.78, 5) is 16.7. The SMILES string of the molecule is COc1cccc(Cn2nccc2NC(=O)CCc2ncc(-c3ccccc3F)o2)c1OC. The van der Waals surface area contributed by atoms with Gasteiger partial charge in [0.25, 0.3) is 0 Å². The number of nitrogens with zero attached hydrogens (tertiary/aromatic N) is 3. The molecular formula is C24H23FN4O4. The lowest BCUT2D eigenvalue weighted by Gasteiger charge is -2.14. The summed E-state index contributed by atoms with van der Waals surface area (Å²) in [6.07, 6.45) is 3.49. The molecule has 0 saturated carbocycles. The molecule has 0 bridgehead atoms. The Morgan fingerprint density at radius 1 is 1.12 bits per heavy atom. The van der Waals surface area contributed by atoms with Crippen molar-refractivity contribution in [2.24, 2.45) is 0 Å². The van der Waals surface area contributed by atoms with Crippen LogP contribution in [0.4, 0.5) is 10.2 Å². The standard InChI is InChI=1S/C24H23FN4O4/c1-31-19-9-5-6-16(24(19)32-2)15-29-21(12-13-27-29)28-22(30)10-11-23-26-14-20(33-23)17-7-3-4-8-18(17)25/h3-9,12-14H,10-11,15H2,1-2H3,(H,28,30). The van der Waals surface area contributed by atoms with Gasteiger partial charge in [-0.25, -0.2) is 14.1 Å². The second-order valence-electron chi connectivity index (χ2n) is 7.17. The molecule has 170 valence electrons. The third kappa shape index (κ3) is 5.03. The van der Waals surface area contributed by atoms with Crippen molar-refractivity contribution in [1.82, 2.24) is 14.8 Å². The molecular weight excluding hydrogens is 427 g/mol. The minimum absolute atomic E-state index is 0.144. The van der Waals surface area contributed by atoms with E-state index in [0.29, 0.717) is 41.1 Å². The molecule has 2 heterocycles. The normalized spacial score (nSPS) is 10.8. The van der Waals surface area contributed by atoms with Crippen LogP contribution in [0.25, 0.3) is 11.3 Å². The summed E-state index contributed by atoms with van der Waals surface area (Å²) in [5.74, 6) is 1.85. The van der Waals surface area contributed by atoms with E-state index >= 15 is 0 Å². The van der Waals surface area contributed by atoms with E-state index in [-0.39, 0.29) is 24.6 Å². The van der Waals surface area contributed by atoms with E-state index in [4.69, 9.17) is 13.9 Å². The van der Waals surface area contributed by atoms with Crippen LogP contribution in [0.2, 0.25) is 0 Å². The Morgan fingerprint density at radius 3 is 2.76 bits per heavy atom. The third-order valence-corrected chi connectivity index (χ3v) is 5.05. The van der Waals surface area contributed by atoms with Crippen molar-refractivity contribution in [3.05, 3.63) is 78.2 Å². The lowest BCUT2D eigenvalue weighted by molar-refractivity contribution is -0.116. The molecule has 2 aromatic heterocycles. The van der Waals surface area contributed by atoms with Crippen LogP contribution in [0.1, 0.15) is 17.9 Å². The molecule has 2 aromatic carbocycles. The van der Waals surface area contributed by atoms with Crippen LogP contribution in [-0.4, -0.2) is 34.9 Å². The molecule has 4 aromatic rings. The number of anilines is 1. The number of ether oxygens (including phenoxy) is 2. The molecule has 0 spiro atoms. The predicted molar refractivity (Wildman–Crippen MR) is 120 cm³/mol. The van der Waals surface area contributed by atoms with E-state index in [1.807, 2.05) is 18.2 Å². The number of halogens is 1. The van der Waals surface area contributed by atoms with Gasteiger partial charge in [0.05, 0.1) is 38.7 Å². The van der Waals surface area contributed by atoms with Crippen molar-refractivity contribution in [3.8, 4) is 22.8 Å². The highest BCUT2D eigenvalue weighted by Gasteiger charge is 2.15. The number of hydrogen-bond donors (Lipinski definition) is 1. The Balaban J connectivity index is 1.38. The van der Waals surface area contributed by atoms with Crippen LogP contribution < -0.4 is 14.8 Å². The first-order chi connectivity index (χ1) is 16.1. The third-order valence-electron chi connectivity index (χ3n) is 5.05. The van der Waals surface area contributed by atoms with Gasteiger partial charge in [-0.3, -0.25) is 4.79 Å². The number of nitrogens with one attached hydrogen (secondary N) is 1. The first kappa shape index (κ1) is 22.1. The lowest BCUT2D eigenvalue weighted by Crippen LogP contribution is -2.16. The van der Waals surface area contributed by atoms with Crippen LogP contribution in [-0.2, 0) is 17.8 Å². The Kier molecular flexibility index (Phi) is 6.68. The summed E-state index contributed by atoms with van der Waals surface area (Å²) < 4.78 is 32.0. The summed E-state index contributed by atoms with van der Waals surface area (Å²) in [5, 5.41) is 7.15. The van der Waals surface area contributed by atoms with Crippen molar-refractivity contribution >= 4 is 11.7 Å². The van der Waals surface area contributed by atoms with E-state index in [2.05, 4.69) is 15.4 Å². The average Bonchev–Trinajstić information content (AvgIpc) is 3.47. The number of hydrogen-bond acceptors (Lipinski definition) is 6. The lowest BCUT2D eigenvalue weighted by atomic mass is 10.2. The van der Waals surface area contributed by atoms with E-state index in [1.165, 1.54) is 12.3 Å². The fourth-order valence-corrected chi connectivity index (χ4v) is 3.44. The number of carbonyl (C=O) groups excluding carboxylic acids is 1. The summed E-state index contributed by atoms with van der Waals surface area (Å²) in [7, 11) is 3.15. The molecule has 0 aliphatic carbocycles. The van der Waals surface area contributed by atoms with Gasteiger partial charge >= 0.3 is 0 Å². The monoisotopic (exact) mass is 450 g/mol. The maximum Gasteiger partial charge on any atom is 0.226 e. The van der Waals surface area contributed by atoms with Gasteiger partial charge in [-0.15, -0.1) is 0 Å². The highest BCUT2D eigenvalue weighted by molar-refractivity contribution is 5.89. The Bertz CT molecular complexity index is 1250. The molecule has 1 N–H and O–H groups in total. The molecule has 0 aliphatic rings. The number of amides is 1. The Morgan fingerprint density at radius 2 is 1.97 bits per heavy atom. The fourth-order valence-electron chi connectivity index (χ4n) is 3.44. The predicted octanol–water partition coefficient (Wildman–Crippen LogP) is 4.31. The maximum atomic E-state index is 13.9. The van der Waals surface area contributed by atoms with Crippen LogP contribution >= 0.6 is 0 Å². The van der Waals surface area contributed by atoms with Crippen LogP contribution in [0.5, 0.6) is 11.5 Å². The molecule has 0 saturated heterocycles. The van der Waals surface area contributed by atoms with Crippen molar-refractivity contribution in [2.45, 2.75) is 19.4 Å². The number of carbonyl (C=O) groups is 1. The number of para-hydroxylation sites is 1. The fraction of sp³-hybridized carbons (Fsp3) is 0.208. The quantitative estimate of drug-likeness (QED) is 0.409. The van der Waals surface area contributed by atoms with Gasteiger partial charge in [-0.05, 0) is 18.2 Å². The van der Waals surface area contributed by atoms with Gasteiger partial charge in [0.2, 0.25) is 5.91 Å². The summed E-state index contributed by atoms with van der Waals surface area (Å²) in [6, 6.07) is 13.6. The van der Waals surface area contributed by atoms with Crippen molar-refractivity contribution in [2.75, 3.05) is 19.5 Å². The van der Waals surface area contributed by atoms with Gasteiger partial charge in [-0.1, -0.05) is 24.3 Å². The molecule has 0 unspecified atom stereocenters. The largest absolute Gasteiger partial charge is 0.493 e. The molecule has 0 atom stereocenters. The van der Waals surface area contributed by atoms with E-state index in [0.717, 1.165) is 5.56 Å². The maximum absolute atomic E-state index is 13.9. The summed E-state index contributed by atoms with van der Waals surface area (Å²) >= 11 is 0. The zero-order valence-corrected chi connectivity index (χ0v) is 18.2. The molecule has 0 aliphatic heterocycles. The van der Waals surface area contributed by atoms with Crippen molar-refractivity contribution < 1.29 is 23.1 Å². The highest BCUT2D eigenvalue weighted by Crippen LogP contribution is 2.31. The van der Waals surface area contributed by atoms with Gasteiger partial charge < -0.3 is 19.2 Å². The summed E-state index contributed by atoms with van der Waals surface area (Å²) in [6.45, 7) is 0.384. The number of benzene rings is 2. The minimum atomic E-state index is -0.390. The van der Waals surface area contributed by atoms with E-state index < -0.39 is 0 Å². The van der Waals surface area contributed by atoms with Gasteiger partial charge in [-0.2, -0.15) is 5.10 Å². The molecule has 9 heteroatoms. The Hall–Kier alpha value is -4.14. The first-order valence-electron chi connectivity index (χ1n) is 10.3. The molecule has 0 radical (unpaired) electrons. The van der Waals surface area contributed by atoms with Crippen LogP contribution in [0.3, 0.4) is 0 Å². The van der Waals surface area contributed by atoms with E-state index in [1.54, 1.807) is 49.4 Å². The van der Waals surface area contributed by atoms with Crippen molar-refractivity contribution in [1.29, 1.82) is 0 Å². The topological polar surface area (TPSA) is 91.4 Å². The summed E-state index contributed by atoms with van der Waals surface area (Å²) in [5.41, 5.74) is 1.19.